The van der Waals surface area contributed by atoms with Gasteiger partial charge in [-0.05, 0) is 43.0 Å². The van der Waals surface area contributed by atoms with Gasteiger partial charge < -0.3 is 5.32 Å². The highest BCUT2D eigenvalue weighted by atomic mass is 32.2. The molecule has 0 spiro atoms. The molecule has 1 saturated carbocycles. The Bertz CT molecular complexity index is 917. The molecule has 1 amide bonds. The molecular weight excluding hydrogens is 348 g/mol. The van der Waals surface area contributed by atoms with Crippen LogP contribution < -0.4 is 5.32 Å². The second-order valence-electron chi connectivity index (χ2n) is 7.09. The van der Waals surface area contributed by atoms with Crippen molar-refractivity contribution >= 4 is 15.9 Å². The Morgan fingerprint density at radius 1 is 1.12 bits per heavy atom. The van der Waals surface area contributed by atoms with E-state index in [1.54, 1.807) is 6.07 Å². The normalized spacial score (nSPS) is 15.7. The number of carbonyl (C=O) groups is 1. The zero-order valence-electron chi connectivity index (χ0n) is 15.3. The van der Waals surface area contributed by atoms with Gasteiger partial charge in [0.25, 0.3) is 5.91 Å². The minimum Gasteiger partial charge on any atom is -0.351 e. The Morgan fingerprint density at radius 2 is 1.77 bits per heavy atom. The van der Waals surface area contributed by atoms with Gasteiger partial charge in [-0.3, -0.25) is 4.79 Å². The average molecular weight is 372 g/mol. The van der Waals surface area contributed by atoms with Gasteiger partial charge in [-0.1, -0.05) is 36.4 Å². The third-order valence-electron chi connectivity index (χ3n) is 5.06. The van der Waals surface area contributed by atoms with E-state index in [1.807, 2.05) is 25.1 Å². The molecule has 0 heterocycles. The molecule has 138 valence electrons. The van der Waals surface area contributed by atoms with Crippen LogP contribution in [-0.2, 0) is 15.4 Å². The van der Waals surface area contributed by atoms with Crippen LogP contribution in [0.25, 0.3) is 0 Å². The van der Waals surface area contributed by atoms with Crippen LogP contribution in [0.2, 0.25) is 0 Å². The number of amides is 1. The van der Waals surface area contributed by atoms with Gasteiger partial charge in [0.05, 0.1) is 4.90 Å². The molecule has 2 aromatic carbocycles. The molecule has 6 heteroatoms. The van der Waals surface area contributed by atoms with Crippen molar-refractivity contribution in [2.24, 2.45) is 0 Å². The maximum atomic E-state index is 12.7. The summed E-state index contributed by atoms with van der Waals surface area (Å²) >= 11 is 0. The first-order valence-electron chi connectivity index (χ1n) is 8.63. The molecule has 0 radical (unpaired) electrons. The van der Waals surface area contributed by atoms with Crippen molar-refractivity contribution in [3.8, 4) is 0 Å². The van der Waals surface area contributed by atoms with Gasteiger partial charge in [-0.25, -0.2) is 12.7 Å². The lowest BCUT2D eigenvalue weighted by Crippen LogP contribution is -2.33. The highest BCUT2D eigenvalue weighted by molar-refractivity contribution is 7.89. The fourth-order valence-corrected chi connectivity index (χ4v) is 4.00. The second kappa shape index (κ2) is 6.85. The van der Waals surface area contributed by atoms with Crippen LogP contribution in [0, 0.1) is 6.92 Å². The number of sulfonamides is 1. The second-order valence-corrected chi connectivity index (χ2v) is 9.25. The van der Waals surface area contributed by atoms with Gasteiger partial charge in [0, 0.05) is 31.6 Å². The minimum atomic E-state index is -3.57. The fraction of sp³-hybridized carbons (Fsp3) is 0.350. The van der Waals surface area contributed by atoms with Crippen molar-refractivity contribution in [1.29, 1.82) is 0 Å². The fourth-order valence-electron chi connectivity index (χ4n) is 3.07. The maximum Gasteiger partial charge on any atom is 0.251 e. The third kappa shape index (κ3) is 3.52. The topological polar surface area (TPSA) is 66.5 Å². The molecule has 5 nitrogen and oxygen atoms in total. The summed E-state index contributed by atoms with van der Waals surface area (Å²) in [5.41, 5.74) is 2.40. The van der Waals surface area contributed by atoms with Gasteiger partial charge in [0.2, 0.25) is 10.0 Å². The lowest BCUT2D eigenvalue weighted by atomic mass is 9.96. The largest absolute Gasteiger partial charge is 0.351 e. The molecule has 1 aliphatic rings. The Balaban J connectivity index is 1.79. The van der Waals surface area contributed by atoms with E-state index in [9.17, 15) is 13.2 Å². The van der Waals surface area contributed by atoms with Gasteiger partial charge in [-0.2, -0.15) is 0 Å². The molecule has 0 atom stereocenters. The highest BCUT2D eigenvalue weighted by Gasteiger charge is 2.44. The number of carbonyl (C=O) groups excluding carboxylic acids is 1. The molecule has 1 N–H and O–H groups in total. The summed E-state index contributed by atoms with van der Waals surface area (Å²) in [5, 5.41) is 3.00. The maximum absolute atomic E-state index is 12.7. The van der Waals surface area contributed by atoms with E-state index in [4.69, 9.17) is 0 Å². The lowest BCUT2D eigenvalue weighted by molar-refractivity contribution is 0.0949. The van der Waals surface area contributed by atoms with Gasteiger partial charge in [-0.15, -0.1) is 0 Å². The summed E-state index contributed by atoms with van der Waals surface area (Å²) < 4.78 is 25.8. The van der Waals surface area contributed by atoms with Crippen LogP contribution in [0.4, 0.5) is 0 Å². The first kappa shape index (κ1) is 18.6. The van der Waals surface area contributed by atoms with Gasteiger partial charge in [0.1, 0.15) is 0 Å². The molecule has 0 aliphatic heterocycles. The predicted octanol–water partition coefficient (Wildman–Crippen LogP) is 2.71. The van der Waals surface area contributed by atoms with E-state index < -0.39 is 10.0 Å². The van der Waals surface area contributed by atoms with Crippen molar-refractivity contribution in [1.82, 2.24) is 9.62 Å². The number of benzene rings is 2. The van der Waals surface area contributed by atoms with E-state index in [2.05, 4.69) is 17.4 Å². The van der Waals surface area contributed by atoms with Crippen LogP contribution in [0.15, 0.2) is 53.4 Å². The number of nitrogens with zero attached hydrogens (tertiary/aromatic N) is 1. The zero-order valence-corrected chi connectivity index (χ0v) is 16.1. The van der Waals surface area contributed by atoms with Crippen LogP contribution >= 0.6 is 0 Å². The smallest absolute Gasteiger partial charge is 0.251 e. The van der Waals surface area contributed by atoms with E-state index >= 15 is 0 Å². The van der Waals surface area contributed by atoms with Gasteiger partial charge in [0.15, 0.2) is 0 Å². The average Bonchev–Trinajstić information content (AvgIpc) is 3.42. The van der Waals surface area contributed by atoms with E-state index in [-0.39, 0.29) is 16.2 Å². The summed E-state index contributed by atoms with van der Waals surface area (Å²) in [6.45, 7) is 2.37. The molecule has 0 bridgehead atoms. The molecule has 0 saturated heterocycles. The summed E-state index contributed by atoms with van der Waals surface area (Å²) in [6.07, 6.45) is 2.09. The summed E-state index contributed by atoms with van der Waals surface area (Å²) in [6, 6.07) is 14.9. The Kier molecular flexibility index (Phi) is 4.90. The van der Waals surface area contributed by atoms with Crippen LogP contribution in [-0.4, -0.2) is 39.3 Å². The van der Waals surface area contributed by atoms with E-state index in [1.165, 1.54) is 31.8 Å². The molecule has 3 rings (SSSR count). The zero-order chi connectivity index (χ0) is 18.9. The minimum absolute atomic E-state index is 0.0121. The molecule has 0 unspecified atom stereocenters. The van der Waals surface area contributed by atoms with Crippen molar-refractivity contribution in [3.63, 3.8) is 0 Å². The SMILES string of the molecule is Cc1ccc(S(=O)(=O)N(C)C)cc1C(=O)NCC1(c2ccccc2)CC1. The Labute approximate surface area is 155 Å². The highest BCUT2D eigenvalue weighted by Crippen LogP contribution is 2.47. The van der Waals surface area contributed by atoms with Gasteiger partial charge >= 0.3 is 0 Å². The van der Waals surface area contributed by atoms with Crippen molar-refractivity contribution < 1.29 is 13.2 Å². The lowest BCUT2D eigenvalue weighted by Gasteiger charge is -2.18. The molecule has 0 aromatic heterocycles. The number of hydrogen-bond donors (Lipinski definition) is 1. The van der Waals surface area contributed by atoms with E-state index in [0.717, 1.165) is 22.7 Å². The van der Waals surface area contributed by atoms with Crippen molar-refractivity contribution in [3.05, 3.63) is 65.2 Å². The standard InChI is InChI=1S/C20H24N2O3S/c1-15-9-10-17(26(24,25)22(2)3)13-18(15)19(23)21-14-20(11-12-20)16-7-5-4-6-8-16/h4-10,13H,11-12,14H2,1-3H3,(H,21,23). The number of aryl methyl sites for hydroxylation is 1. The van der Waals surface area contributed by atoms with Crippen molar-refractivity contribution in [2.45, 2.75) is 30.1 Å². The molecular formula is C20H24N2O3S. The monoisotopic (exact) mass is 372 g/mol. The summed E-state index contributed by atoms with van der Waals surface area (Å²) in [4.78, 5) is 12.8. The third-order valence-corrected chi connectivity index (χ3v) is 6.87. The van der Waals surface area contributed by atoms with Crippen LogP contribution in [0.1, 0.15) is 34.3 Å². The molecule has 2 aromatic rings. The first-order valence-corrected chi connectivity index (χ1v) is 10.1. The first-order chi connectivity index (χ1) is 12.3. The van der Waals surface area contributed by atoms with E-state index in [0.29, 0.717) is 12.1 Å². The summed E-state index contributed by atoms with van der Waals surface area (Å²) in [7, 11) is -0.615. The van der Waals surface area contributed by atoms with Crippen molar-refractivity contribution in [2.75, 3.05) is 20.6 Å². The molecule has 1 aliphatic carbocycles. The Hall–Kier alpha value is -2.18. The number of rotatable bonds is 6. The quantitative estimate of drug-likeness (QED) is 0.848. The molecule has 26 heavy (non-hydrogen) atoms. The van der Waals surface area contributed by atoms with Crippen LogP contribution in [0.5, 0.6) is 0 Å². The van der Waals surface area contributed by atoms with Crippen LogP contribution in [0.3, 0.4) is 0 Å². The number of hydrogen-bond acceptors (Lipinski definition) is 3. The molecule has 1 fully saturated rings. The summed E-state index contributed by atoms with van der Waals surface area (Å²) in [5.74, 6) is -0.236. The Morgan fingerprint density at radius 3 is 2.35 bits per heavy atom. The number of nitrogens with one attached hydrogen (secondary N) is 1. The predicted molar refractivity (Wildman–Crippen MR) is 102 cm³/mol.